The van der Waals surface area contributed by atoms with Gasteiger partial charge < -0.3 is 10.4 Å². The van der Waals surface area contributed by atoms with Crippen LogP contribution in [0.2, 0.25) is 0 Å². The Balaban J connectivity index is 0.000000265. The Morgan fingerprint density at radius 1 is 1.13 bits per heavy atom. The molecule has 1 aliphatic heterocycles. The van der Waals surface area contributed by atoms with Crippen LogP contribution in [0.15, 0.2) is 0 Å². The molecular formula is C7H18N2O5S. The molecule has 1 heterocycles. The molecule has 0 aliphatic carbocycles. The van der Waals surface area contributed by atoms with Gasteiger partial charge in [0.2, 0.25) is 0 Å². The molecule has 0 aromatic heterocycles. The van der Waals surface area contributed by atoms with Gasteiger partial charge in [-0.05, 0) is 6.42 Å². The Kier molecular flexibility index (Phi) is 8.86. The summed E-state index contributed by atoms with van der Waals surface area (Å²) in [5.74, 6) is 0. The molecule has 1 saturated heterocycles. The van der Waals surface area contributed by atoms with E-state index in [9.17, 15) is 8.42 Å². The lowest BCUT2D eigenvalue weighted by Crippen LogP contribution is -2.42. The molecule has 2 N–H and O–H groups in total. The molecular weight excluding hydrogens is 224 g/mol. The number of nitrogens with zero attached hydrogens (tertiary/aromatic N) is 2. The monoisotopic (exact) mass is 242 g/mol. The highest BCUT2D eigenvalue weighted by atomic mass is 32.2. The minimum atomic E-state index is -2.61. The molecule has 0 unspecified atom stereocenters. The zero-order valence-electron chi connectivity index (χ0n) is 8.70. The molecule has 0 spiro atoms. The van der Waals surface area contributed by atoms with Crippen LogP contribution in [0, 0.1) is 0 Å². The van der Waals surface area contributed by atoms with E-state index in [0.717, 1.165) is 6.42 Å². The largest absolute Gasteiger partial charge is 0.314 e. The first kappa shape index (κ1) is 14.8. The third-order valence-electron chi connectivity index (χ3n) is 1.63. The van der Waals surface area contributed by atoms with E-state index in [1.165, 1.54) is 10.1 Å². The summed E-state index contributed by atoms with van der Waals surface area (Å²) in [6, 6.07) is 0. The summed E-state index contributed by atoms with van der Waals surface area (Å²) in [6.07, 6.45) is 0.739. The van der Waals surface area contributed by atoms with Crippen molar-refractivity contribution in [3.05, 3.63) is 0 Å². The Morgan fingerprint density at radius 2 is 1.53 bits per heavy atom. The quantitative estimate of drug-likeness (QED) is 0.565. The minimum Gasteiger partial charge on any atom is -0.314 e. The lowest BCUT2D eigenvalue weighted by molar-refractivity contribution is -0.184. The predicted molar refractivity (Wildman–Crippen MR) is 53.3 cm³/mol. The maximum Gasteiger partial charge on any atom is 0.257 e. The van der Waals surface area contributed by atoms with Gasteiger partial charge in [0.25, 0.3) is 11.0 Å². The first-order valence-corrected chi connectivity index (χ1v) is 5.80. The molecule has 1 fully saturated rings. The molecule has 0 radical (unpaired) electrons. The average molecular weight is 242 g/mol. The molecule has 92 valence electrons. The Labute approximate surface area is 90.9 Å². The third-order valence-corrected chi connectivity index (χ3v) is 2.03. The Morgan fingerprint density at radius 3 is 1.73 bits per heavy atom. The molecule has 1 rings (SSSR count). The highest BCUT2D eigenvalue weighted by Gasteiger charge is 2.11. The molecule has 0 aromatic rings. The summed E-state index contributed by atoms with van der Waals surface area (Å²) < 4.78 is 23.3. The van der Waals surface area contributed by atoms with Crippen molar-refractivity contribution in [1.29, 1.82) is 0 Å². The van der Waals surface area contributed by atoms with Crippen LogP contribution < -0.4 is 0 Å². The van der Waals surface area contributed by atoms with Gasteiger partial charge >= 0.3 is 0 Å². The van der Waals surface area contributed by atoms with Crippen molar-refractivity contribution >= 4 is 11.0 Å². The number of piperazine rings is 1. The van der Waals surface area contributed by atoms with Crippen molar-refractivity contribution in [2.45, 2.75) is 13.3 Å². The molecule has 15 heavy (non-hydrogen) atoms. The molecule has 0 atom stereocenters. The first-order valence-electron chi connectivity index (χ1n) is 4.71. The van der Waals surface area contributed by atoms with Crippen LogP contribution in [0.5, 0.6) is 0 Å². The van der Waals surface area contributed by atoms with Crippen molar-refractivity contribution < 1.29 is 23.0 Å². The lowest BCUT2D eigenvalue weighted by atomic mass is 10.4. The van der Waals surface area contributed by atoms with Gasteiger partial charge in [-0.15, -0.1) is 0 Å². The second-order valence-electron chi connectivity index (χ2n) is 2.96. The van der Waals surface area contributed by atoms with E-state index in [0.29, 0.717) is 32.8 Å². The van der Waals surface area contributed by atoms with Crippen molar-refractivity contribution in [3.63, 3.8) is 0 Å². The van der Waals surface area contributed by atoms with Gasteiger partial charge in [-0.2, -0.15) is 10.1 Å². The smallest absolute Gasteiger partial charge is 0.257 e. The SMILES string of the molecule is CCCO[SH](=O)=O.ON1CCN(O)CC1. The van der Waals surface area contributed by atoms with Gasteiger partial charge in [0.15, 0.2) is 0 Å². The molecule has 0 amide bonds. The minimum absolute atomic E-state index is 0.304. The molecule has 0 saturated carbocycles. The molecule has 0 aromatic carbocycles. The summed E-state index contributed by atoms with van der Waals surface area (Å²) in [6.45, 7) is 4.30. The summed E-state index contributed by atoms with van der Waals surface area (Å²) in [7, 11) is -2.61. The highest BCUT2D eigenvalue weighted by molar-refractivity contribution is 7.67. The number of hydroxylamine groups is 4. The highest BCUT2D eigenvalue weighted by Crippen LogP contribution is 1.92. The van der Waals surface area contributed by atoms with Crippen molar-refractivity contribution in [3.8, 4) is 0 Å². The van der Waals surface area contributed by atoms with Gasteiger partial charge in [0.1, 0.15) is 0 Å². The van der Waals surface area contributed by atoms with Crippen LogP contribution in [0.4, 0.5) is 0 Å². The van der Waals surface area contributed by atoms with Crippen LogP contribution in [0.1, 0.15) is 13.3 Å². The number of thiol groups is 1. The zero-order valence-corrected chi connectivity index (χ0v) is 9.60. The standard InChI is InChI=1S/C4H10N2O2.C3H8O3S/c7-5-1-2-6(8)4-3-5;1-2-3-6-7(4)5/h7-8H,1-4H2;7H,2-3H2,1H3. The van der Waals surface area contributed by atoms with E-state index < -0.39 is 11.0 Å². The van der Waals surface area contributed by atoms with E-state index in [1.54, 1.807) is 0 Å². The van der Waals surface area contributed by atoms with Crippen LogP contribution in [-0.2, 0) is 15.2 Å². The van der Waals surface area contributed by atoms with Gasteiger partial charge in [0.05, 0.1) is 6.61 Å². The molecule has 8 heteroatoms. The second kappa shape index (κ2) is 9.01. The first-order chi connectivity index (χ1) is 7.06. The molecule has 7 nitrogen and oxygen atoms in total. The van der Waals surface area contributed by atoms with Crippen molar-refractivity contribution in [2.75, 3.05) is 32.8 Å². The van der Waals surface area contributed by atoms with Gasteiger partial charge in [0, 0.05) is 26.2 Å². The fraction of sp³-hybridized carbons (Fsp3) is 1.00. The van der Waals surface area contributed by atoms with Gasteiger partial charge in [-0.3, -0.25) is 4.18 Å². The van der Waals surface area contributed by atoms with E-state index in [-0.39, 0.29) is 0 Å². The fourth-order valence-corrected chi connectivity index (χ4v) is 1.18. The third kappa shape index (κ3) is 10.0. The average Bonchev–Trinajstić information content (AvgIpc) is 2.20. The number of rotatable bonds is 3. The number of hydrogen-bond donors (Lipinski definition) is 3. The van der Waals surface area contributed by atoms with E-state index in [4.69, 9.17) is 10.4 Å². The summed E-state index contributed by atoms with van der Waals surface area (Å²) >= 11 is 0. The maximum atomic E-state index is 9.57. The zero-order chi connectivity index (χ0) is 11.7. The normalized spacial score (nSPS) is 18.7. The van der Waals surface area contributed by atoms with Crippen molar-refractivity contribution in [2.24, 2.45) is 0 Å². The van der Waals surface area contributed by atoms with Crippen LogP contribution in [0.3, 0.4) is 0 Å². The molecule has 0 bridgehead atoms. The van der Waals surface area contributed by atoms with Gasteiger partial charge in [-0.1, -0.05) is 6.92 Å². The predicted octanol–water partition coefficient (Wildman–Crippen LogP) is -0.678. The van der Waals surface area contributed by atoms with Gasteiger partial charge in [-0.25, -0.2) is 8.42 Å². The number of hydrogen-bond acceptors (Lipinski definition) is 7. The maximum absolute atomic E-state index is 9.57. The lowest BCUT2D eigenvalue weighted by Gasteiger charge is -2.25. The molecule has 1 aliphatic rings. The second-order valence-corrected chi connectivity index (χ2v) is 3.67. The van der Waals surface area contributed by atoms with Crippen LogP contribution in [0.25, 0.3) is 0 Å². The fourth-order valence-electron chi connectivity index (χ4n) is 0.851. The van der Waals surface area contributed by atoms with E-state index in [2.05, 4.69) is 4.18 Å². The summed E-state index contributed by atoms with van der Waals surface area (Å²) in [4.78, 5) is 0. The van der Waals surface area contributed by atoms with E-state index in [1.807, 2.05) is 6.92 Å². The Hall–Kier alpha value is -0.250. The Bertz CT molecular complexity index is 197. The topological polar surface area (TPSA) is 90.3 Å². The van der Waals surface area contributed by atoms with Crippen molar-refractivity contribution in [1.82, 2.24) is 10.1 Å². The van der Waals surface area contributed by atoms with E-state index >= 15 is 0 Å². The summed E-state index contributed by atoms with van der Waals surface area (Å²) in [5.41, 5.74) is 0. The van der Waals surface area contributed by atoms with Crippen LogP contribution in [-0.4, -0.2) is 61.7 Å². The summed E-state index contributed by atoms with van der Waals surface area (Å²) in [5, 5.41) is 19.8. The van der Waals surface area contributed by atoms with Crippen LogP contribution >= 0.6 is 0 Å².